The van der Waals surface area contributed by atoms with E-state index in [4.69, 9.17) is 0 Å². The number of halogens is 1. The van der Waals surface area contributed by atoms with Gasteiger partial charge in [-0.05, 0) is 46.6 Å². The Balaban J connectivity index is 1.86. The van der Waals surface area contributed by atoms with Gasteiger partial charge in [0.25, 0.3) is 0 Å². The van der Waals surface area contributed by atoms with Crippen molar-refractivity contribution in [3.8, 4) is 0 Å². The van der Waals surface area contributed by atoms with Gasteiger partial charge in [-0.2, -0.15) is 0 Å². The summed E-state index contributed by atoms with van der Waals surface area (Å²) in [7, 11) is 0. The number of nitrogens with zero attached hydrogens (tertiary/aromatic N) is 1. The standard InChI is InChI=1S/C15H14BrNOS/c1-11-2-4-15(5-3-11)19-10-14(18)7-12-6-13(16)9-17-8-12/h2-6,8-9H,7,10H2,1H3. The van der Waals surface area contributed by atoms with Crippen LogP contribution < -0.4 is 0 Å². The average molecular weight is 336 g/mol. The van der Waals surface area contributed by atoms with Crippen molar-refractivity contribution in [3.63, 3.8) is 0 Å². The number of rotatable bonds is 5. The quantitative estimate of drug-likeness (QED) is 0.772. The molecule has 2 aromatic rings. The van der Waals surface area contributed by atoms with Crippen LogP contribution in [0.5, 0.6) is 0 Å². The fourth-order valence-corrected chi connectivity index (χ4v) is 2.80. The van der Waals surface area contributed by atoms with E-state index in [0.29, 0.717) is 12.2 Å². The van der Waals surface area contributed by atoms with Gasteiger partial charge in [-0.15, -0.1) is 11.8 Å². The second-order valence-electron chi connectivity index (χ2n) is 4.33. The first-order valence-electron chi connectivity index (χ1n) is 5.94. The van der Waals surface area contributed by atoms with E-state index in [-0.39, 0.29) is 5.78 Å². The van der Waals surface area contributed by atoms with Crippen molar-refractivity contribution >= 4 is 33.5 Å². The van der Waals surface area contributed by atoms with E-state index in [2.05, 4.69) is 40.0 Å². The van der Waals surface area contributed by atoms with Crippen molar-refractivity contribution in [2.24, 2.45) is 0 Å². The van der Waals surface area contributed by atoms with Crippen LogP contribution in [0.2, 0.25) is 0 Å². The summed E-state index contributed by atoms with van der Waals surface area (Å²) in [6, 6.07) is 10.2. The summed E-state index contributed by atoms with van der Waals surface area (Å²) in [6.45, 7) is 2.06. The van der Waals surface area contributed by atoms with Crippen molar-refractivity contribution in [2.75, 3.05) is 5.75 Å². The normalized spacial score (nSPS) is 10.4. The minimum atomic E-state index is 0.213. The molecule has 0 aliphatic heterocycles. The van der Waals surface area contributed by atoms with E-state index in [0.717, 1.165) is 14.9 Å². The lowest BCUT2D eigenvalue weighted by atomic mass is 10.2. The van der Waals surface area contributed by atoms with Crippen LogP contribution in [0.1, 0.15) is 11.1 Å². The summed E-state index contributed by atoms with van der Waals surface area (Å²) in [6.07, 6.45) is 3.89. The largest absolute Gasteiger partial charge is 0.298 e. The number of ketones is 1. The van der Waals surface area contributed by atoms with Crippen LogP contribution in [0.3, 0.4) is 0 Å². The third-order valence-electron chi connectivity index (χ3n) is 2.58. The van der Waals surface area contributed by atoms with Crippen LogP contribution in [0.4, 0.5) is 0 Å². The molecule has 0 spiro atoms. The van der Waals surface area contributed by atoms with E-state index in [1.54, 1.807) is 24.2 Å². The molecule has 19 heavy (non-hydrogen) atoms. The molecule has 2 rings (SSSR count). The van der Waals surface area contributed by atoms with Gasteiger partial charge in [-0.25, -0.2) is 0 Å². The Morgan fingerprint density at radius 2 is 2.00 bits per heavy atom. The molecule has 2 nitrogen and oxygen atoms in total. The Labute approximate surface area is 125 Å². The van der Waals surface area contributed by atoms with Gasteiger partial charge in [-0.1, -0.05) is 17.7 Å². The molecule has 0 N–H and O–H groups in total. The molecule has 0 saturated carbocycles. The predicted molar refractivity (Wildman–Crippen MR) is 82.6 cm³/mol. The first kappa shape index (κ1) is 14.3. The van der Waals surface area contributed by atoms with E-state index in [1.165, 1.54) is 5.56 Å². The minimum absolute atomic E-state index is 0.213. The smallest absolute Gasteiger partial charge is 0.147 e. The lowest BCUT2D eigenvalue weighted by Crippen LogP contribution is -2.05. The topological polar surface area (TPSA) is 30.0 Å². The fourth-order valence-electron chi connectivity index (χ4n) is 1.63. The third kappa shape index (κ3) is 4.80. The maximum absolute atomic E-state index is 11.9. The Morgan fingerprint density at radius 3 is 2.68 bits per heavy atom. The Morgan fingerprint density at radius 1 is 1.26 bits per heavy atom. The van der Waals surface area contributed by atoms with Gasteiger partial charge in [0.1, 0.15) is 5.78 Å². The number of pyridine rings is 1. The van der Waals surface area contributed by atoms with Gasteiger partial charge in [0, 0.05) is 28.2 Å². The van der Waals surface area contributed by atoms with E-state index >= 15 is 0 Å². The summed E-state index contributed by atoms with van der Waals surface area (Å²) in [5.41, 5.74) is 2.18. The number of carbonyl (C=O) groups excluding carboxylic acids is 1. The minimum Gasteiger partial charge on any atom is -0.298 e. The molecule has 0 radical (unpaired) electrons. The molecule has 1 aromatic carbocycles. The number of aromatic nitrogens is 1. The summed E-state index contributed by atoms with van der Waals surface area (Å²) in [5, 5.41) is 0. The van der Waals surface area contributed by atoms with Crippen LogP contribution in [0.25, 0.3) is 0 Å². The van der Waals surface area contributed by atoms with Crippen LogP contribution in [0.15, 0.2) is 52.1 Å². The number of thioether (sulfide) groups is 1. The van der Waals surface area contributed by atoms with Gasteiger partial charge in [-0.3, -0.25) is 9.78 Å². The first-order valence-corrected chi connectivity index (χ1v) is 7.72. The summed E-state index contributed by atoms with van der Waals surface area (Å²) in [4.78, 5) is 17.1. The molecule has 1 heterocycles. The number of benzene rings is 1. The van der Waals surface area contributed by atoms with Crippen molar-refractivity contribution in [2.45, 2.75) is 18.2 Å². The van der Waals surface area contributed by atoms with Crippen LogP contribution in [0, 0.1) is 6.92 Å². The molecule has 0 fully saturated rings. The summed E-state index contributed by atoms with van der Waals surface area (Å²) >= 11 is 4.93. The zero-order chi connectivity index (χ0) is 13.7. The second kappa shape index (κ2) is 6.87. The fraction of sp³-hybridized carbons (Fsp3) is 0.200. The number of Topliss-reactive ketones (excluding diaryl/α,β-unsaturated/α-hetero) is 1. The molecule has 0 amide bonds. The van der Waals surface area contributed by atoms with Crippen LogP contribution in [-0.2, 0) is 11.2 Å². The van der Waals surface area contributed by atoms with E-state index in [1.807, 2.05) is 18.2 Å². The highest BCUT2D eigenvalue weighted by atomic mass is 79.9. The molecule has 0 unspecified atom stereocenters. The predicted octanol–water partition coefficient (Wildman–Crippen LogP) is 4.06. The zero-order valence-corrected chi connectivity index (χ0v) is 13.0. The maximum atomic E-state index is 11.9. The van der Waals surface area contributed by atoms with Crippen molar-refractivity contribution < 1.29 is 4.79 Å². The molecule has 0 aliphatic carbocycles. The molecule has 1 aromatic heterocycles. The number of hydrogen-bond acceptors (Lipinski definition) is 3. The zero-order valence-electron chi connectivity index (χ0n) is 10.6. The van der Waals surface area contributed by atoms with Crippen molar-refractivity contribution in [1.29, 1.82) is 0 Å². The Hall–Kier alpha value is -1.13. The highest BCUT2D eigenvalue weighted by Crippen LogP contribution is 2.19. The van der Waals surface area contributed by atoms with Gasteiger partial charge in [0.05, 0.1) is 5.75 Å². The number of aryl methyl sites for hydroxylation is 1. The van der Waals surface area contributed by atoms with Gasteiger partial charge in [0.15, 0.2) is 0 Å². The van der Waals surface area contributed by atoms with Crippen LogP contribution in [-0.4, -0.2) is 16.5 Å². The summed E-state index contributed by atoms with van der Waals surface area (Å²) < 4.78 is 0.906. The van der Waals surface area contributed by atoms with E-state index < -0.39 is 0 Å². The highest BCUT2D eigenvalue weighted by Gasteiger charge is 2.05. The van der Waals surface area contributed by atoms with E-state index in [9.17, 15) is 4.79 Å². The van der Waals surface area contributed by atoms with Gasteiger partial charge >= 0.3 is 0 Å². The SMILES string of the molecule is Cc1ccc(SCC(=O)Cc2cncc(Br)c2)cc1. The second-order valence-corrected chi connectivity index (χ2v) is 6.29. The lowest BCUT2D eigenvalue weighted by molar-refractivity contribution is -0.116. The maximum Gasteiger partial charge on any atom is 0.147 e. The van der Waals surface area contributed by atoms with Crippen molar-refractivity contribution in [3.05, 3.63) is 58.3 Å². The number of carbonyl (C=O) groups is 1. The lowest BCUT2D eigenvalue weighted by Gasteiger charge is -2.03. The Bertz CT molecular complexity index is 569. The van der Waals surface area contributed by atoms with Crippen molar-refractivity contribution in [1.82, 2.24) is 4.98 Å². The monoisotopic (exact) mass is 335 g/mol. The molecule has 0 aliphatic rings. The molecule has 0 atom stereocenters. The molecule has 98 valence electrons. The third-order valence-corrected chi connectivity index (χ3v) is 4.09. The van der Waals surface area contributed by atoms with Gasteiger partial charge in [0.2, 0.25) is 0 Å². The van der Waals surface area contributed by atoms with Gasteiger partial charge < -0.3 is 0 Å². The molecule has 0 bridgehead atoms. The molecule has 4 heteroatoms. The van der Waals surface area contributed by atoms with Crippen LogP contribution >= 0.6 is 27.7 Å². The first-order chi connectivity index (χ1) is 9.13. The average Bonchev–Trinajstić information content (AvgIpc) is 2.38. The molecular formula is C15H14BrNOS. The highest BCUT2D eigenvalue weighted by molar-refractivity contribution is 9.10. The molecule has 0 saturated heterocycles. The molecular weight excluding hydrogens is 322 g/mol. The summed E-state index contributed by atoms with van der Waals surface area (Å²) in [5.74, 6) is 0.709. The number of hydrogen-bond donors (Lipinski definition) is 0. The Kier molecular flexibility index (Phi) is 5.16.